The SMILES string of the molecule is CC(C)(C(=O)Nc1ccc(-c2ccccc2)cn1)c1csc(N)n1. The molecular weight excluding hydrogens is 320 g/mol. The first kappa shape index (κ1) is 16.1. The topological polar surface area (TPSA) is 80.9 Å². The molecule has 2 aromatic heterocycles. The van der Waals surface area contributed by atoms with E-state index in [-0.39, 0.29) is 5.91 Å². The van der Waals surface area contributed by atoms with Crippen LogP contribution in [0.4, 0.5) is 10.9 Å². The van der Waals surface area contributed by atoms with Crippen LogP contribution in [0.5, 0.6) is 0 Å². The van der Waals surface area contributed by atoms with Crippen LogP contribution in [-0.4, -0.2) is 15.9 Å². The molecule has 0 bridgehead atoms. The summed E-state index contributed by atoms with van der Waals surface area (Å²) in [6, 6.07) is 13.7. The van der Waals surface area contributed by atoms with Gasteiger partial charge in [0.15, 0.2) is 5.13 Å². The lowest BCUT2D eigenvalue weighted by molar-refractivity contribution is -0.120. The van der Waals surface area contributed by atoms with E-state index in [1.165, 1.54) is 11.3 Å². The van der Waals surface area contributed by atoms with E-state index in [4.69, 9.17) is 5.73 Å². The van der Waals surface area contributed by atoms with Crippen molar-refractivity contribution in [2.75, 3.05) is 11.1 Å². The van der Waals surface area contributed by atoms with Crippen molar-refractivity contribution in [2.45, 2.75) is 19.3 Å². The highest BCUT2D eigenvalue weighted by molar-refractivity contribution is 7.13. The first-order chi connectivity index (χ1) is 11.5. The standard InChI is InChI=1S/C18H18N4OS/c1-18(2,14-11-24-17(19)21-14)16(23)22-15-9-8-13(10-20-15)12-6-4-3-5-7-12/h3-11H,1-2H3,(H2,19,21)(H,20,22,23). The molecule has 0 atom stereocenters. The predicted octanol–water partition coefficient (Wildman–Crippen LogP) is 3.70. The number of rotatable bonds is 4. The van der Waals surface area contributed by atoms with E-state index < -0.39 is 5.41 Å². The molecule has 0 fully saturated rings. The quantitative estimate of drug-likeness (QED) is 0.760. The number of nitrogens with one attached hydrogen (secondary N) is 1. The third-order valence-electron chi connectivity index (χ3n) is 3.84. The third-order valence-corrected chi connectivity index (χ3v) is 4.52. The monoisotopic (exact) mass is 338 g/mol. The fraction of sp³-hybridized carbons (Fsp3) is 0.167. The second kappa shape index (κ2) is 6.41. The molecule has 0 radical (unpaired) electrons. The molecule has 0 aliphatic rings. The zero-order chi connectivity index (χ0) is 17.2. The predicted molar refractivity (Wildman–Crippen MR) is 97.9 cm³/mol. The van der Waals surface area contributed by atoms with Gasteiger partial charge in [0.25, 0.3) is 0 Å². The lowest BCUT2D eigenvalue weighted by atomic mass is 9.89. The second-order valence-electron chi connectivity index (χ2n) is 5.95. The van der Waals surface area contributed by atoms with Crippen molar-refractivity contribution in [3.05, 3.63) is 59.7 Å². The summed E-state index contributed by atoms with van der Waals surface area (Å²) in [5.74, 6) is 0.337. The Hall–Kier alpha value is -2.73. The molecule has 3 aromatic rings. The molecule has 0 saturated carbocycles. The zero-order valence-electron chi connectivity index (χ0n) is 13.5. The zero-order valence-corrected chi connectivity index (χ0v) is 14.3. The van der Waals surface area contributed by atoms with Gasteiger partial charge in [0.1, 0.15) is 5.82 Å². The van der Waals surface area contributed by atoms with Crippen molar-refractivity contribution >= 4 is 28.2 Å². The van der Waals surface area contributed by atoms with Gasteiger partial charge in [-0.15, -0.1) is 11.3 Å². The summed E-state index contributed by atoms with van der Waals surface area (Å²) >= 11 is 1.33. The highest BCUT2D eigenvalue weighted by Gasteiger charge is 2.32. The summed E-state index contributed by atoms with van der Waals surface area (Å²) in [6.07, 6.45) is 1.75. The normalized spacial score (nSPS) is 11.2. The van der Waals surface area contributed by atoms with Gasteiger partial charge in [0.05, 0.1) is 11.1 Å². The van der Waals surface area contributed by atoms with Crippen LogP contribution >= 0.6 is 11.3 Å². The van der Waals surface area contributed by atoms with Crippen LogP contribution in [0.2, 0.25) is 0 Å². The Balaban J connectivity index is 1.75. The Morgan fingerprint density at radius 3 is 2.46 bits per heavy atom. The van der Waals surface area contributed by atoms with Crippen LogP contribution < -0.4 is 11.1 Å². The average Bonchev–Trinajstić information content (AvgIpc) is 3.03. The van der Waals surface area contributed by atoms with Crippen LogP contribution in [0.3, 0.4) is 0 Å². The summed E-state index contributed by atoms with van der Waals surface area (Å²) in [7, 11) is 0. The Bertz CT molecular complexity index is 841. The number of carbonyl (C=O) groups is 1. The van der Waals surface area contributed by atoms with Crippen molar-refractivity contribution in [3.63, 3.8) is 0 Å². The van der Waals surface area contributed by atoms with Gasteiger partial charge in [-0.3, -0.25) is 4.79 Å². The number of nitrogens with two attached hydrogens (primary N) is 1. The largest absolute Gasteiger partial charge is 0.375 e. The van der Waals surface area contributed by atoms with E-state index in [9.17, 15) is 4.79 Å². The number of amides is 1. The van der Waals surface area contributed by atoms with Crippen LogP contribution in [0.1, 0.15) is 19.5 Å². The van der Waals surface area contributed by atoms with Crippen molar-refractivity contribution in [3.8, 4) is 11.1 Å². The molecule has 0 unspecified atom stereocenters. The van der Waals surface area contributed by atoms with Crippen molar-refractivity contribution in [2.24, 2.45) is 0 Å². The highest BCUT2D eigenvalue weighted by Crippen LogP contribution is 2.27. The molecule has 1 aromatic carbocycles. The summed E-state index contributed by atoms with van der Waals surface area (Å²) in [5.41, 5.74) is 7.62. The molecule has 3 N–H and O–H groups in total. The van der Waals surface area contributed by atoms with Gasteiger partial charge < -0.3 is 11.1 Å². The van der Waals surface area contributed by atoms with Gasteiger partial charge in [0, 0.05) is 17.1 Å². The minimum Gasteiger partial charge on any atom is -0.375 e. The number of pyridine rings is 1. The molecule has 122 valence electrons. The maximum atomic E-state index is 12.6. The van der Waals surface area contributed by atoms with E-state index >= 15 is 0 Å². The summed E-state index contributed by atoms with van der Waals surface area (Å²) in [5, 5.41) is 5.10. The second-order valence-corrected chi connectivity index (χ2v) is 6.84. The first-order valence-corrected chi connectivity index (χ1v) is 8.39. The Labute approximate surface area is 144 Å². The molecule has 24 heavy (non-hydrogen) atoms. The van der Waals surface area contributed by atoms with E-state index in [0.29, 0.717) is 16.6 Å². The number of thiazole rings is 1. The molecule has 6 heteroatoms. The van der Waals surface area contributed by atoms with E-state index in [1.54, 1.807) is 17.6 Å². The minimum absolute atomic E-state index is 0.173. The van der Waals surface area contributed by atoms with E-state index in [0.717, 1.165) is 11.1 Å². The Morgan fingerprint density at radius 1 is 1.12 bits per heavy atom. The van der Waals surface area contributed by atoms with Crippen molar-refractivity contribution in [1.29, 1.82) is 0 Å². The van der Waals surface area contributed by atoms with Crippen LogP contribution in [-0.2, 0) is 10.2 Å². The van der Waals surface area contributed by atoms with Crippen molar-refractivity contribution in [1.82, 2.24) is 9.97 Å². The van der Waals surface area contributed by atoms with Gasteiger partial charge in [-0.1, -0.05) is 30.3 Å². The minimum atomic E-state index is -0.784. The highest BCUT2D eigenvalue weighted by atomic mass is 32.1. The average molecular weight is 338 g/mol. The summed E-state index contributed by atoms with van der Waals surface area (Å²) < 4.78 is 0. The lowest BCUT2D eigenvalue weighted by Crippen LogP contribution is -2.35. The number of benzene rings is 1. The van der Waals surface area contributed by atoms with Crippen LogP contribution in [0.25, 0.3) is 11.1 Å². The lowest BCUT2D eigenvalue weighted by Gasteiger charge is -2.21. The van der Waals surface area contributed by atoms with Crippen LogP contribution in [0.15, 0.2) is 54.0 Å². The number of carbonyl (C=O) groups excluding carboxylic acids is 1. The molecule has 3 rings (SSSR count). The van der Waals surface area contributed by atoms with Gasteiger partial charge >= 0.3 is 0 Å². The number of aromatic nitrogens is 2. The number of hydrogen-bond acceptors (Lipinski definition) is 5. The number of nitrogens with zero attached hydrogens (tertiary/aromatic N) is 2. The fourth-order valence-electron chi connectivity index (χ4n) is 2.23. The van der Waals surface area contributed by atoms with Crippen molar-refractivity contribution < 1.29 is 4.79 Å². The number of nitrogen functional groups attached to an aromatic ring is 1. The smallest absolute Gasteiger partial charge is 0.237 e. The van der Waals surface area contributed by atoms with Gasteiger partial charge in [-0.05, 0) is 31.5 Å². The molecule has 0 aliphatic carbocycles. The molecule has 2 heterocycles. The Morgan fingerprint density at radius 2 is 1.88 bits per heavy atom. The molecular formula is C18H18N4OS. The van der Waals surface area contributed by atoms with Gasteiger partial charge in [-0.2, -0.15) is 0 Å². The maximum Gasteiger partial charge on any atom is 0.237 e. The molecule has 1 amide bonds. The third kappa shape index (κ3) is 3.28. The van der Waals surface area contributed by atoms with E-state index in [1.807, 2.05) is 50.2 Å². The van der Waals surface area contributed by atoms with Gasteiger partial charge in [0.2, 0.25) is 5.91 Å². The Kier molecular flexibility index (Phi) is 4.31. The van der Waals surface area contributed by atoms with E-state index in [2.05, 4.69) is 15.3 Å². The number of anilines is 2. The first-order valence-electron chi connectivity index (χ1n) is 7.51. The van der Waals surface area contributed by atoms with Gasteiger partial charge in [-0.25, -0.2) is 9.97 Å². The van der Waals surface area contributed by atoms with Crippen LogP contribution in [0, 0.1) is 0 Å². The fourth-order valence-corrected chi connectivity index (χ4v) is 2.96. The molecule has 0 saturated heterocycles. The molecule has 0 spiro atoms. The molecule has 5 nitrogen and oxygen atoms in total. The summed E-state index contributed by atoms with van der Waals surface area (Å²) in [4.78, 5) is 21.1. The maximum absolute atomic E-state index is 12.6. The summed E-state index contributed by atoms with van der Waals surface area (Å²) in [6.45, 7) is 3.63. The number of hydrogen-bond donors (Lipinski definition) is 2. The molecule has 0 aliphatic heterocycles.